The van der Waals surface area contributed by atoms with Crippen LogP contribution in [0, 0.1) is 6.92 Å². The predicted molar refractivity (Wildman–Crippen MR) is 110 cm³/mol. The molecule has 0 N–H and O–H groups in total. The van der Waals surface area contributed by atoms with Crippen LogP contribution in [0.25, 0.3) is 10.8 Å². The van der Waals surface area contributed by atoms with Gasteiger partial charge in [-0.3, -0.25) is 9.59 Å². The molecule has 1 aliphatic carbocycles. The van der Waals surface area contributed by atoms with Gasteiger partial charge in [0.2, 0.25) is 5.91 Å². The van der Waals surface area contributed by atoms with Crippen molar-refractivity contribution in [2.75, 3.05) is 13.1 Å². The average Bonchev–Trinajstić information content (AvgIpc) is 3.33. The van der Waals surface area contributed by atoms with Crippen molar-refractivity contribution in [3.63, 3.8) is 0 Å². The van der Waals surface area contributed by atoms with Crippen LogP contribution in [0.3, 0.4) is 0 Å². The van der Waals surface area contributed by atoms with Gasteiger partial charge in [0, 0.05) is 24.2 Å². The maximum absolute atomic E-state index is 12.9. The molecule has 0 saturated carbocycles. The van der Waals surface area contributed by atoms with Crippen LogP contribution in [0.2, 0.25) is 0 Å². The fourth-order valence-electron chi connectivity index (χ4n) is 4.83. The first kappa shape index (κ1) is 18.1. The van der Waals surface area contributed by atoms with Gasteiger partial charge in [0.05, 0.1) is 23.3 Å². The summed E-state index contributed by atoms with van der Waals surface area (Å²) in [6, 6.07) is 7.61. The van der Waals surface area contributed by atoms with E-state index in [1.807, 2.05) is 23.1 Å². The van der Waals surface area contributed by atoms with Crippen molar-refractivity contribution in [2.45, 2.75) is 51.6 Å². The molecule has 1 aromatic carbocycles. The monoisotopic (exact) mass is 391 g/mol. The van der Waals surface area contributed by atoms with E-state index < -0.39 is 0 Å². The van der Waals surface area contributed by atoms with Crippen molar-refractivity contribution in [1.82, 2.24) is 24.2 Å². The molecule has 3 heterocycles. The van der Waals surface area contributed by atoms with Gasteiger partial charge < -0.3 is 9.47 Å². The van der Waals surface area contributed by atoms with Gasteiger partial charge in [0.15, 0.2) is 0 Å². The SMILES string of the molecule is Cc1nc2c(n1C1CCN(C(=O)Cn3ncc4ccccc4c3=O)C1)CCCC2. The largest absolute Gasteiger partial charge is 0.339 e. The zero-order chi connectivity index (χ0) is 20.0. The Hall–Kier alpha value is -2.96. The summed E-state index contributed by atoms with van der Waals surface area (Å²) in [7, 11) is 0. The van der Waals surface area contributed by atoms with Crippen LogP contribution in [0.15, 0.2) is 35.3 Å². The molecule has 1 amide bonds. The molecule has 1 fully saturated rings. The van der Waals surface area contributed by atoms with Crippen LogP contribution < -0.4 is 5.56 Å². The number of carbonyl (C=O) groups is 1. The molecule has 150 valence electrons. The Morgan fingerprint density at radius 3 is 2.93 bits per heavy atom. The highest BCUT2D eigenvalue weighted by molar-refractivity contribution is 5.81. The van der Waals surface area contributed by atoms with E-state index in [9.17, 15) is 9.59 Å². The predicted octanol–water partition coefficient (Wildman–Crippen LogP) is 2.25. The summed E-state index contributed by atoms with van der Waals surface area (Å²) in [5, 5.41) is 5.59. The summed E-state index contributed by atoms with van der Waals surface area (Å²) in [6.45, 7) is 3.43. The van der Waals surface area contributed by atoms with Crippen LogP contribution in [-0.2, 0) is 24.2 Å². The zero-order valence-electron chi connectivity index (χ0n) is 16.7. The topological polar surface area (TPSA) is 73.0 Å². The molecule has 5 rings (SSSR count). The Morgan fingerprint density at radius 2 is 2.03 bits per heavy atom. The minimum absolute atomic E-state index is 0.0165. The minimum atomic E-state index is -0.216. The number of hydrogen-bond acceptors (Lipinski definition) is 4. The fraction of sp³-hybridized carbons (Fsp3) is 0.455. The molecule has 7 heteroatoms. The summed E-state index contributed by atoms with van der Waals surface area (Å²) in [5.74, 6) is 1.01. The van der Waals surface area contributed by atoms with Crippen molar-refractivity contribution in [2.24, 2.45) is 0 Å². The molecular formula is C22H25N5O2. The molecule has 7 nitrogen and oxygen atoms in total. The molecule has 29 heavy (non-hydrogen) atoms. The smallest absolute Gasteiger partial charge is 0.275 e. The number of hydrogen-bond donors (Lipinski definition) is 0. The normalized spacial score (nSPS) is 18.9. The van der Waals surface area contributed by atoms with Gasteiger partial charge in [-0.15, -0.1) is 0 Å². The third kappa shape index (κ3) is 3.14. The summed E-state index contributed by atoms with van der Waals surface area (Å²) >= 11 is 0. The lowest BCUT2D eigenvalue weighted by atomic mass is 10.0. The third-order valence-corrected chi connectivity index (χ3v) is 6.27. The third-order valence-electron chi connectivity index (χ3n) is 6.27. The highest BCUT2D eigenvalue weighted by atomic mass is 16.2. The van der Waals surface area contributed by atoms with E-state index in [-0.39, 0.29) is 24.1 Å². The maximum atomic E-state index is 12.9. The van der Waals surface area contributed by atoms with E-state index in [0.29, 0.717) is 18.5 Å². The number of amides is 1. The van der Waals surface area contributed by atoms with E-state index in [1.54, 1.807) is 12.3 Å². The second-order valence-electron chi connectivity index (χ2n) is 8.11. The molecule has 2 aromatic heterocycles. The van der Waals surface area contributed by atoms with E-state index in [4.69, 9.17) is 4.98 Å². The molecule has 3 aromatic rings. The van der Waals surface area contributed by atoms with E-state index in [1.165, 1.54) is 28.9 Å². The van der Waals surface area contributed by atoms with Gasteiger partial charge >= 0.3 is 0 Å². The Bertz CT molecular complexity index is 1150. The molecule has 0 radical (unpaired) electrons. The standard InChI is InChI=1S/C22H25N5O2/c1-15-24-19-8-4-5-9-20(19)27(15)17-10-11-25(13-17)21(28)14-26-22(29)18-7-3-2-6-16(18)12-23-26/h2-3,6-7,12,17H,4-5,8-11,13-14H2,1H3. The Kier molecular flexibility index (Phi) is 4.45. The second-order valence-corrected chi connectivity index (χ2v) is 8.11. The Balaban J connectivity index is 1.33. The van der Waals surface area contributed by atoms with Gasteiger partial charge in [-0.25, -0.2) is 9.67 Å². The number of fused-ring (bicyclic) bond motifs is 2. The van der Waals surface area contributed by atoms with Crippen molar-refractivity contribution in [1.29, 1.82) is 0 Å². The first-order chi connectivity index (χ1) is 14.1. The zero-order valence-corrected chi connectivity index (χ0v) is 16.7. The van der Waals surface area contributed by atoms with Crippen molar-refractivity contribution < 1.29 is 4.79 Å². The molecule has 1 unspecified atom stereocenters. The quantitative estimate of drug-likeness (QED) is 0.686. The van der Waals surface area contributed by atoms with Gasteiger partial charge in [-0.05, 0) is 45.1 Å². The van der Waals surface area contributed by atoms with E-state index in [2.05, 4.69) is 16.6 Å². The number of imidazole rings is 1. The summed E-state index contributed by atoms with van der Waals surface area (Å²) < 4.78 is 3.64. The lowest BCUT2D eigenvalue weighted by molar-refractivity contribution is -0.131. The molecule has 1 atom stereocenters. The number of likely N-dealkylation sites (tertiary alicyclic amines) is 1. The van der Waals surface area contributed by atoms with Gasteiger partial charge in [-0.1, -0.05) is 18.2 Å². The number of aryl methyl sites for hydroxylation is 2. The van der Waals surface area contributed by atoms with Gasteiger partial charge in [0.1, 0.15) is 12.4 Å². The van der Waals surface area contributed by atoms with Gasteiger partial charge in [-0.2, -0.15) is 5.10 Å². The van der Waals surface area contributed by atoms with Crippen LogP contribution in [-0.4, -0.2) is 43.2 Å². The molecule has 1 saturated heterocycles. The minimum Gasteiger partial charge on any atom is -0.339 e. The second kappa shape index (κ2) is 7.13. The molecular weight excluding hydrogens is 366 g/mol. The Morgan fingerprint density at radius 1 is 1.21 bits per heavy atom. The summed E-state index contributed by atoms with van der Waals surface area (Å²) in [6.07, 6.45) is 7.15. The first-order valence-electron chi connectivity index (χ1n) is 10.4. The van der Waals surface area contributed by atoms with Gasteiger partial charge in [0.25, 0.3) is 5.56 Å². The Labute approximate surface area is 169 Å². The number of carbonyl (C=O) groups excluding carboxylic acids is 1. The van der Waals surface area contributed by atoms with E-state index in [0.717, 1.165) is 30.5 Å². The molecule has 0 spiro atoms. The van der Waals surface area contributed by atoms with E-state index >= 15 is 0 Å². The number of nitrogens with zero attached hydrogens (tertiary/aromatic N) is 5. The summed E-state index contributed by atoms with van der Waals surface area (Å²) in [5.41, 5.74) is 2.39. The first-order valence-corrected chi connectivity index (χ1v) is 10.4. The molecule has 2 aliphatic rings. The van der Waals surface area contributed by atoms with Crippen LogP contribution in [0.1, 0.15) is 42.5 Å². The summed E-state index contributed by atoms with van der Waals surface area (Å²) in [4.78, 5) is 32.2. The van der Waals surface area contributed by atoms with Crippen molar-refractivity contribution in [3.05, 3.63) is 58.0 Å². The van der Waals surface area contributed by atoms with Crippen molar-refractivity contribution in [3.8, 4) is 0 Å². The molecule has 0 bridgehead atoms. The molecule has 1 aliphatic heterocycles. The highest BCUT2D eigenvalue weighted by Crippen LogP contribution is 2.30. The van der Waals surface area contributed by atoms with Crippen LogP contribution in [0.5, 0.6) is 0 Å². The number of benzene rings is 1. The number of rotatable bonds is 3. The van der Waals surface area contributed by atoms with Crippen LogP contribution in [0.4, 0.5) is 0 Å². The highest BCUT2D eigenvalue weighted by Gasteiger charge is 2.31. The lowest BCUT2D eigenvalue weighted by Crippen LogP contribution is -2.36. The maximum Gasteiger partial charge on any atom is 0.275 e. The van der Waals surface area contributed by atoms with Crippen molar-refractivity contribution >= 4 is 16.7 Å². The van der Waals surface area contributed by atoms with Crippen LogP contribution >= 0.6 is 0 Å². The average molecular weight is 391 g/mol. The number of aromatic nitrogens is 4. The lowest BCUT2D eigenvalue weighted by Gasteiger charge is -2.21. The fourth-order valence-corrected chi connectivity index (χ4v) is 4.83.